The topological polar surface area (TPSA) is 52.5 Å². The van der Waals surface area contributed by atoms with Crippen molar-refractivity contribution in [2.45, 2.75) is 13.0 Å². The van der Waals surface area contributed by atoms with Crippen LogP contribution in [0, 0.1) is 0 Å². The highest BCUT2D eigenvalue weighted by molar-refractivity contribution is 6.36. The SMILES string of the molecule is COc1ccccc1CCNC(=O)c1cc2c(Cl)ccc3c2n1CCO3. The lowest BCUT2D eigenvalue weighted by Crippen LogP contribution is -2.29. The van der Waals surface area contributed by atoms with Gasteiger partial charge >= 0.3 is 0 Å². The highest BCUT2D eigenvalue weighted by Crippen LogP contribution is 2.36. The molecule has 1 aromatic heterocycles. The Balaban J connectivity index is 1.54. The summed E-state index contributed by atoms with van der Waals surface area (Å²) in [5.41, 5.74) is 2.56. The number of para-hydroxylation sites is 1. The summed E-state index contributed by atoms with van der Waals surface area (Å²) in [5, 5.41) is 4.47. The second-order valence-corrected chi connectivity index (χ2v) is 6.56. The minimum Gasteiger partial charge on any atom is -0.496 e. The summed E-state index contributed by atoms with van der Waals surface area (Å²) >= 11 is 6.30. The predicted molar refractivity (Wildman–Crippen MR) is 101 cm³/mol. The van der Waals surface area contributed by atoms with E-state index in [4.69, 9.17) is 21.1 Å². The Kier molecular flexibility index (Phi) is 4.47. The Bertz CT molecular complexity index is 981. The fraction of sp³-hybridized carbons (Fsp3) is 0.250. The zero-order valence-corrected chi connectivity index (χ0v) is 15.2. The molecule has 0 radical (unpaired) electrons. The summed E-state index contributed by atoms with van der Waals surface area (Å²) in [4.78, 5) is 12.7. The average Bonchev–Trinajstić information content (AvgIpc) is 3.07. The number of hydrogen-bond donors (Lipinski definition) is 1. The molecular formula is C20H19ClN2O3. The number of rotatable bonds is 5. The number of benzene rings is 2. The van der Waals surface area contributed by atoms with Gasteiger partial charge in [0.1, 0.15) is 23.8 Å². The van der Waals surface area contributed by atoms with E-state index in [1.54, 1.807) is 13.2 Å². The van der Waals surface area contributed by atoms with Gasteiger partial charge in [0, 0.05) is 11.9 Å². The largest absolute Gasteiger partial charge is 0.496 e. The van der Waals surface area contributed by atoms with Gasteiger partial charge in [0.25, 0.3) is 5.91 Å². The molecule has 0 unspecified atom stereocenters. The van der Waals surface area contributed by atoms with Crippen molar-refractivity contribution in [3.8, 4) is 11.5 Å². The minimum atomic E-state index is -0.111. The third kappa shape index (κ3) is 2.88. The predicted octanol–water partition coefficient (Wildman–Crippen LogP) is 3.67. The van der Waals surface area contributed by atoms with Crippen LogP contribution in [0.15, 0.2) is 42.5 Å². The van der Waals surface area contributed by atoms with Gasteiger partial charge < -0.3 is 19.4 Å². The van der Waals surface area contributed by atoms with Gasteiger partial charge in [0.2, 0.25) is 0 Å². The fourth-order valence-electron chi connectivity index (χ4n) is 3.41. The molecule has 0 saturated carbocycles. The summed E-state index contributed by atoms with van der Waals surface area (Å²) < 4.78 is 13.0. The summed E-state index contributed by atoms with van der Waals surface area (Å²) in [6.07, 6.45) is 0.700. The Labute approximate surface area is 156 Å². The second-order valence-electron chi connectivity index (χ2n) is 6.16. The molecule has 3 aromatic rings. The van der Waals surface area contributed by atoms with E-state index in [0.717, 1.165) is 28.0 Å². The Morgan fingerprint density at radius 2 is 2.15 bits per heavy atom. The number of hydrogen-bond acceptors (Lipinski definition) is 3. The standard InChI is InChI=1S/C20H19ClN2O3/c1-25-17-5-3-2-4-13(17)8-9-22-20(24)16-12-14-15(21)6-7-18-19(14)23(16)10-11-26-18/h2-7,12H,8-11H2,1H3,(H,22,24). The molecule has 6 heteroatoms. The first-order valence-electron chi connectivity index (χ1n) is 8.53. The summed E-state index contributed by atoms with van der Waals surface area (Å²) in [6, 6.07) is 13.3. The number of methoxy groups -OCH3 is 1. The number of aromatic nitrogens is 1. The fourth-order valence-corrected chi connectivity index (χ4v) is 3.62. The Morgan fingerprint density at radius 1 is 1.31 bits per heavy atom. The van der Waals surface area contributed by atoms with Gasteiger partial charge in [-0.25, -0.2) is 0 Å². The van der Waals surface area contributed by atoms with Gasteiger partial charge in [-0.3, -0.25) is 4.79 Å². The van der Waals surface area contributed by atoms with Crippen LogP contribution >= 0.6 is 11.6 Å². The highest BCUT2D eigenvalue weighted by atomic mass is 35.5. The van der Waals surface area contributed by atoms with Crippen LogP contribution < -0.4 is 14.8 Å². The Hall–Kier alpha value is -2.66. The third-order valence-electron chi connectivity index (χ3n) is 4.65. The van der Waals surface area contributed by atoms with Gasteiger partial charge in [-0.2, -0.15) is 0 Å². The van der Waals surface area contributed by atoms with Crippen LogP contribution in [-0.2, 0) is 13.0 Å². The van der Waals surface area contributed by atoms with Crippen molar-refractivity contribution in [2.24, 2.45) is 0 Å². The normalized spacial score (nSPS) is 12.7. The molecule has 134 valence electrons. The number of nitrogens with zero attached hydrogens (tertiary/aromatic N) is 1. The van der Waals surface area contributed by atoms with E-state index in [1.165, 1.54) is 0 Å². The van der Waals surface area contributed by atoms with E-state index >= 15 is 0 Å². The van der Waals surface area contributed by atoms with Crippen molar-refractivity contribution in [1.82, 2.24) is 9.88 Å². The molecule has 26 heavy (non-hydrogen) atoms. The lowest BCUT2D eigenvalue weighted by atomic mass is 10.1. The molecule has 1 aliphatic heterocycles. The molecule has 2 aromatic carbocycles. The van der Waals surface area contributed by atoms with Gasteiger partial charge in [0.05, 0.1) is 24.2 Å². The maximum Gasteiger partial charge on any atom is 0.267 e. The van der Waals surface area contributed by atoms with Crippen molar-refractivity contribution >= 4 is 28.4 Å². The molecule has 2 heterocycles. The summed E-state index contributed by atoms with van der Waals surface area (Å²) in [6.45, 7) is 1.70. The number of carbonyl (C=O) groups excluding carboxylic acids is 1. The van der Waals surface area contributed by atoms with E-state index in [-0.39, 0.29) is 5.91 Å². The number of amides is 1. The van der Waals surface area contributed by atoms with Gasteiger partial charge in [-0.1, -0.05) is 29.8 Å². The molecule has 0 aliphatic carbocycles. The van der Waals surface area contributed by atoms with Crippen molar-refractivity contribution in [1.29, 1.82) is 0 Å². The second kappa shape index (κ2) is 6.92. The zero-order chi connectivity index (χ0) is 18.1. The van der Waals surface area contributed by atoms with E-state index in [2.05, 4.69) is 5.32 Å². The molecule has 0 fully saturated rings. The van der Waals surface area contributed by atoms with Gasteiger partial charge in [0.15, 0.2) is 0 Å². The maximum absolute atomic E-state index is 12.7. The quantitative estimate of drug-likeness (QED) is 0.745. The zero-order valence-electron chi connectivity index (χ0n) is 14.4. The Morgan fingerprint density at radius 3 is 3.00 bits per heavy atom. The first-order chi connectivity index (χ1) is 12.7. The number of halogens is 1. The van der Waals surface area contributed by atoms with Crippen molar-refractivity contribution in [3.05, 3.63) is 58.7 Å². The van der Waals surface area contributed by atoms with Crippen LogP contribution in [0.2, 0.25) is 5.02 Å². The number of ether oxygens (including phenoxy) is 2. The van der Waals surface area contributed by atoms with Crippen LogP contribution in [0.25, 0.3) is 10.9 Å². The first-order valence-corrected chi connectivity index (χ1v) is 8.91. The maximum atomic E-state index is 12.7. The number of nitrogens with one attached hydrogen (secondary N) is 1. The first kappa shape index (κ1) is 16.8. The monoisotopic (exact) mass is 370 g/mol. The molecule has 1 N–H and O–H groups in total. The van der Waals surface area contributed by atoms with Crippen LogP contribution in [0.1, 0.15) is 16.1 Å². The van der Waals surface area contributed by atoms with Crippen LogP contribution in [-0.4, -0.2) is 30.7 Å². The minimum absolute atomic E-state index is 0.111. The average molecular weight is 371 g/mol. The molecule has 1 amide bonds. The molecular weight excluding hydrogens is 352 g/mol. The molecule has 4 rings (SSSR count). The van der Waals surface area contributed by atoms with E-state index in [9.17, 15) is 4.79 Å². The molecule has 0 saturated heterocycles. The van der Waals surface area contributed by atoms with E-state index < -0.39 is 0 Å². The van der Waals surface area contributed by atoms with Crippen LogP contribution in [0.4, 0.5) is 0 Å². The van der Waals surface area contributed by atoms with Gasteiger partial charge in [-0.05, 0) is 36.2 Å². The number of carbonyl (C=O) groups is 1. The van der Waals surface area contributed by atoms with Crippen molar-refractivity contribution < 1.29 is 14.3 Å². The molecule has 1 aliphatic rings. The summed E-state index contributed by atoms with van der Waals surface area (Å²) in [7, 11) is 1.65. The molecule has 0 atom stereocenters. The highest BCUT2D eigenvalue weighted by Gasteiger charge is 2.22. The lowest BCUT2D eigenvalue weighted by Gasteiger charge is -2.19. The van der Waals surface area contributed by atoms with Gasteiger partial charge in [-0.15, -0.1) is 0 Å². The van der Waals surface area contributed by atoms with E-state index in [1.807, 2.05) is 41.0 Å². The van der Waals surface area contributed by atoms with Crippen molar-refractivity contribution in [2.75, 3.05) is 20.3 Å². The molecule has 0 spiro atoms. The summed E-state index contributed by atoms with van der Waals surface area (Å²) in [5.74, 6) is 1.49. The van der Waals surface area contributed by atoms with Crippen molar-refractivity contribution in [3.63, 3.8) is 0 Å². The van der Waals surface area contributed by atoms with E-state index in [0.29, 0.717) is 36.8 Å². The molecule has 5 nitrogen and oxygen atoms in total. The lowest BCUT2D eigenvalue weighted by molar-refractivity contribution is 0.0943. The van der Waals surface area contributed by atoms with Crippen LogP contribution in [0.3, 0.4) is 0 Å². The smallest absolute Gasteiger partial charge is 0.267 e. The third-order valence-corrected chi connectivity index (χ3v) is 4.98. The molecule has 0 bridgehead atoms. The van der Waals surface area contributed by atoms with Crippen LogP contribution in [0.5, 0.6) is 11.5 Å².